The monoisotopic (exact) mass is 374 g/mol. The Bertz CT molecular complexity index is 629. The van der Waals surface area contributed by atoms with Crippen molar-refractivity contribution in [2.24, 2.45) is 0 Å². The fourth-order valence-electron chi connectivity index (χ4n) is 4.02. The maximum atomic E-state index is 13.0. The summed E-state index contributed by atoms with van der Waals surface area (Å²) in [6, 6.07) is 6.85. The lowest BCUT2D eigenvalue weighted by molar-refractivity contribution is -0.210. The molecule has 0 atom stereocenters. The third-order valence-corrected chi connectivity index (χ3v) is 5.55. The van der Waals surface area contributed by atoms with Gasteiger partial charge in [-0.25, -0.2) is 9.59 Å². The molecule has 6 nitrogen and oxygen atoms in total. The molecule has 0 unspecified atom stereocenters. The van der Waals surface area contributed by atoms with Gasteiger partial charge >= 0.3 is 17.7 Å². The van der Waals surface area contributed by atoms with Crippen molar-refractivity contribution in [3.8, 4) is 11.5 Å². The summed E-state index contributed by atoms with van der Waals surface area (Å²) in [6.07, 6.45) is 9.11. The highest BCUT2D eigenvalue weighted by Crippen LogP contribution is 2.41. The smallest absolute Gasteiger partial charge is 0.453 e. The third-order valence-electron chi connectivity index (χ3n) is 5.55. The zero-order valence-corrected chi connectivity index (χ0v) is 15.5. The van der Waals surface area contributed by atoms with Crippen molar-refractivity contribution in [3.63, 3.8) is 0 Å². The molecule has 0 N–H and O–H groups in total. The first-order valence-electron chi connectivity index (χ1n) is 10.1. The molecular formula is C21H26O6. The van der Waals surface area contributed by atoms with Crippen LogP contribution in [0.25, 0.3) is 0 Å². The SMILES string of the molecule is O=C(OC1CCCCC1)C1(C(=O)OC2CCCCC2)Oc2ccccc2O1. The maximum Gasteiger partial charge on any atom is 0.453 e. The Morgan fingerprint density at radius 2 is 1.15 bits per heavy atom. The van der Waals surface area contributed by atoms with Gasteiger partial charge in [0.2, 0.25) is 0 Å². The zero-order valence-electron chi connectivity index (χ0n) is 15.5. The number of hydrogen-bond donors (Lipinski definition) is 0. The number of para-hydroxylation sites is 2. The van der Waals surface area contributed by atoms with E-state index in [1.54, 1.807) is 24.3 Å². The predicted octanol–water partition coefficient (Wildman–Crippen LogP) is 3.91. The van der Waals surface area contributed by atoms with Gasteiger partial charge in [0.1, 0.15) is 12.2 Å². The minimum atomic E-state index is -2.20. The summed E-state index contributed by atoms with van der Waals surface area (Å²) >= 11 is 0. The van der Waals surface area contributed by atoms with Crippen LogP contribution in [0, 0.1) is 0 Å². The largest absolute Gasteiger partial charge is 0.456 e. The fourth-order valence-corrected chi connectivity index (χ4v) is 4.02. The van der Waals surface area contributed by atoms with Gasteiger partial charge in [0, 0.05) is 0 Å². The normalized spacial score (nSPS) is 22.2. The number of rotatable bonds is 4. The summed E-state index contributed by atoms with van der Waals surface area (Å²) in [5.74, 6) is -3.13. The molecule has 0 bridgehead atoms. The molecule has 2 fully saturated rings. The first kappa shape index (κ1) is 18.1. The number of benzene rings is 1. The van der Waals surface area contributed by atoms with E-state index < -0.39 is 17.7 Å². The molecule has 27 heavy (non-hydrogen) atoms. The molecule has 0 spiro atoms. The Kier molecular flexibility index (Phi) is 5.23. The van der Waals surface area contributed by atoms with E-state index in [4.69, 9.17) is 18.9 Å². The molecule has 0 saturated heterocycles. The lowest BCUT2D eigenvalue weighted by Gasteiger charge is -2.30. The summed E-state index contributed by atoms with van der Waals surface area (Å²) < 4.78 is 22.7. The second-order valence-electron chi connectivity index (χ2n) is 7.60. The number of carbonyl (C=O) groups excluding carboxylic acids is 2. The van der Waals surface area contributed by atoms with E-state index in [1.165, 1.54) is 0 Å². The number of esters is 2. The van der Waals surface area contributed by atoms with E-state index in [2.05, 4.69) is 0 Å². The van der Waals surface area contributed by atoms with Crippen LogP contribution >= 0.6 is 0 Å². The molecule has 2 aliphatic carbocycles. The van der Waals surface area contributed by atoms with Gasteiger partial charge in [-0.3, -0.25) is 0 Å². The van der Waals surface area contributed by atoms with Gasteiger partial charge in [-0.05, 0) is 63.5 Å². The summed E-state index contributed by atoms with van der Waals surface area (Å²) in [5, 5.41) is 0. The van der Waals surface area contributed by atoms with Gasteiger partial charge in [-0.15, -0.1) is 0 Å². The van der Waals surface area contributed by atoms with Gasteiger partial charge < -0.3 is 18.9 Å². The number of hydrogen-bond acceptors (Lipinski definition) is 6. The number of ether oxygens (including phenoxy) is 4. The molecule has 0 aromatic heterocycles. The lowest BCUT2D eigenvalue weighted by atomic mass is 9.97. The standard InChI is InChI=1S/C21H26O6/c22-19(24-15-9-3-1-4-10-15)21(20(23)25-16-11-5-2-6-12-16)26-17-13-7-8-14-18(17)27-21/h7-8,13-16H,1-6,9-12H2. The minimum Gasteiger partial charge on any atom is -0.456 e. The predicted molar refractivity (Wildman–Crippen MR) is 96.4 cm³/mol. The highest BCUT2D eigenvalue weighted by Gasteiger charge is 2.60. The van der Waals surface area contributed by atoms with Crippen LogP contribution in [0.15, 0.2) is 24.3 Å². The first-order chi connectivity index (χ1) is 13.2. The van der Waals surface area contributed by atoms with Crippen LogP contribution in [0.4, 0.5) is 0 Å². The van der Waals surface area contributed by atoms with Crippen molar-refractivity contribution in [1.82, 2.24) is 0 Å². The summed E-state index contributed by atoms with van der Waals surface area (Å²) in [6.45, 7) is 0. The van der Waals surface area contributed by atoms with Crippen molar-refractivity contribution >= 4 is 11.9 Å². The van der Waals surface area contributed by atoms with E-state index in [9.17, 15) is 9.59 Å². The number of carbonyl (C=O) groups is 2. The molecule has 2 saturated carbocycles. The quantitative estimate of drug-likeness (QED) is 0.588. The van der Waals surface area contributed by atoms with Crippen LogP contribution in [0.1, 0.15) is 64.2 Å². The fraction of sp³-hybridized carbons (Fsp3) is 0.619. The van der Waals surface area contributed by atoms with Gasteiger partial charge in [-0.1, -0.05) is 25.0 Å². The second kappa shape index (κ2) is 7.79. The molecule has 1 aromatic carbocycles. The lowest BCUT2D eigenvalue weighted by Crippen LogP contribution is -2.57. The molecule has 6 heteroatoms. The van der Waals surface area contributed by atoms with Crippen LogP contribution in [-0.2, 0) is 19.1 Å². The number of fused-ring (bicyclic) bond motifs is 1. The molecule has 4 rings (SSSR count). The molecular weight excluding hydrogens is 348 g/mol. The third kappa shape index (κ3) is 3.75. The highest BCUT2D eigenvalue weighted by molar-refractivity contribution is 6.03. The second-order valence-corrected chi connectivity index (χ2v) is 7.60. The molecule has 1 aromatic rings. The highest BCUT2D eigenvalue weighted by atomic mass is 16.8. The molecule has 0 radical (unpaired) electrons. The van der Waals surface area contributed by atoms with E-state index in [-0.39, 0.29) is 12.2 Å². The van der Waals surface area contributed by atoms with Crippen molar-refractivity contribution in [1.29, 1.82) is 0 Å². The van der Waals surface area contributed by atoms with Crippen LogP contribution < -0.4 is 9.47 Å². The van der Waals surface area contributed by atoms with Gasteiger partial charge in [0.25, 0.3) is 0 Å². The molecule has 3 aliphatic rings. The van der Waals surface area contributed by atoms with E-state index in [0.717, 1.165) is 64.2 Å². The molecule has 1 heterocycles. The van der Waals surface area contributed by atoms with Crippen LogP contribution in [-0.4, -0.2) is 29.9 Å². The summed E-state index contributed by atoms with van der Waals surface area (Å²) in [4.78, 5) is 26.0. The van der Waals surface area contributed by atoms with Gasteiger partial charge in [0.15, 0.2) is 11.5 Å². The average Bonchev–Trinajstić information content (AvgIpc) is 3.11. The van der Waals surface area contributed by atoms with Crippen LogP contribution in [0.5, 0.6) is 11.5 Å². The Labute approximate surface area is 159 Å². The van der Waals surface area contributed by atoms with Crippen LogP contribution in [0.3, 0.4) is 0 Å². The van der Waals surface area contributed by atoms with Crippen molar-refractivity contribution in [2.75, 3.05) is 0 Å². The van der Waals surface area contributed by atoms with Crippen LogP contribution in [0.2, 0.25) is 0 Å². The minimum absolute atomic E-state index is 0.207. The summed E-state index contributed by atoms with van der Waals surface area (Å²) in [5.41, 5.74) is 0. The zero-order chi connectivity index (χ0) is 18.7. The Morgan fingerprint density at radius 3 is 1.56 bits per heavy atom. The molecule has 1 aliphatic heterocycles. The van der Waals surface area contributed by atoms with Gasteiger partial charge in [0.05, 0.1) is 0 Å². The van der Waals surface area contributed by atoms with E-state index in [1.807, 2.05) is 0 Å². The Hall–Kier alpha value is -2.24. The van der Waals surface area contributed by atoms with Crippen molar-refractivity contribution < 1.29 is 28.5 Å². The average molecular weight is 374 g/mol. The molecule has 0 amide bonds. The van der Waals surface area contributed by atoms with E-state index >= 15 is 0 Å². The Balaban J connectivity index is 1.53. The first-order valence-corrected chi connectivity index (χ1v) is 10.1. The van der Waals surface area contributed by atoms with Gasteiger partial charge in [-0.2, -0.15) is 0 Å². The summed E-state index contributed by atoms with van der Waals surface area (Å²) in [7, 11) is 0. The van der Waals surface area contributed by atoms with Crippen molar-refractivity contribution in [3.05, 3.63) is 24.3 Å². The topological polar surface area (TPSA) is 71.1 Å². The molecule has 146 valence electrons. The van der Waals surface area contributed by atoms with E-state index in [0.29, 0.717) is 11.5 Å². The Morgan fingerprint density at radius 1 is 0.741 bits per heavy atom. The maximum absolute atomic E-state index is 13.0. The van der Waals surface area contributed by atoms with Crippen molar-refractivity contribution in [2.45, 2.75) is 82.2 Å².